The monoisotopic (exact) mass is 289 g/mol. The summed E-state index contributed by atoms with van der Waals surface area (Å²) in [6, 6.07) is 0.505. The van der Waals surface area contributed by atoms with E-state index in [-0.39, 0.29) is 5.92 Å². The van der Waals surface area contributed by atoms with Crippen molar-refractivity contribution in [2.75, 3.05) is 6.54 Å². The van der Waals surface area contributed by atoms with Crippen molar-refractivity contribution in [3.63, 3.8) is 0 Å². The van der Waals surface area contributed by atoms with Crippen molar-refractivity contribution < 1.29 is 4.52 Å². The molecular weight excluding hydrogens is 266 g/mol. The Morgan fingerprint density at radius 1 is 1.43 bits per heavy atom. The molecule has 114 valence electrons. The maximum atomic E-state index is 5.29. The molecule has 1 atom stereocenters. The molecule has 6 nitrogen and oxygen atoms in total. The molecule has 2 aromatic heterocycles. The van der Waals surface area contributed by atoms with Crippen LogP contribution in [-0.2, 0) is 13.1 Å². The highest BCUT2D eigenvalue weighted by Gasteiger charge is 2.26. The summed E-state index contributed by atoms with van der Waals surface area (Å²) in [5.74, 6) is 1.80. The van der Waals surface area contributed by atoms with Crippen LogP contribution in [0, 0.1) is 6.92 Å². The van der Waals surface area contributed by atoms with Crippen LogP contribution in [0.5, 0.6) is 0 Å². The highest BCUT2D eigenvalue weighted by molar-refractivity contribution is 5.00. The molecule has 6 heteroatoms. The SMILES string of the molecule is Cc1cnn(C[C@@H]2CCCN2Cc2noc(C(C)C)n2)c1. The van der Waals surface area contributed by atoms with Gasteiger partial charge in [0, 0.05) is 18.2 Å². The van der Waals surface area contributed by atoms with Gasteiger partial charge in [0.25, 0.3) is 0 Å². The predicted octanol–water partition coefficient (Wildman–Crippen LogP) is 2.36. The summed E-state index contributed by atoms with van der Waals surface area (Å²) in [5, 5.41) is 8.48. The first-order chi connectivity index (χ1) is 10.1. The summed E-state index contributed by atoms with van der Waals surface area (Å²) < 4.78 is 7.32. The third-order valence-corrected chi connectivity index (χ3v) is 3.98. The lowest BCUT2D eigenvalue weighted by atomic mass is 10.2. The van der Waals surface area contributed by atoms with Gasteiger partial charge in [0.15, 0.2) is 5.82 Å². The predicted molar refractivity (Wildman–Crippen MR) is 78.8 cm³/mol. The first kappa shape index (κ1) is 14.3. The second kappa shape index (κ2) is 5.97. The van der Waals surface area contributed by atoms with E-state index in [1.807, 2.05) is 10.9 Å². The number of nitrogens with zero attached hydrogens (tertiary/aromatic N) is 5. The van der Waals surface area contributed by atoms with Crippen LogP contribution in [0.25, 0.3) is 0 Å². The summed E-state index contributed by atoms with van der Waals surface area (Å²) in [7, 11) is 0. The van der Waals surface area contributed by atoms with Crippen LogP contribution in [0.4, 0.5) is 0 Å². The minimum absolute atomic E-state index is 0.285. The Morgan fingerprint density at radius 2 is 2.29 bits per heavy atom. The molecule has 0 bridgehead atoms. The first-order valence-electron chi connectivity index (χ1n) is 7.67. The van der Waals surface area contributed by atoms with Gasteiger partial charge in [-0.3, -0.25) is 9.58 Å². The van der Waals surface area contributed by atoms with E-state index in [2.05, 4.69) is 47.1 Å². The van der Waals surface area contributed by atoms with Crippen LogP contribution in [0.15, 0.2) is 16.9 Å². The van der Waals surface area contributed by atoms with E-state index in [1.54, 1.807) is 0 Å². The fourth-order valence-electron chi connectivity index (χ4n) is 2.84. The highest BCUT2D eigenvalue weighted by Crippen LogP contribution is 2.21. The first-order valence-corrected chi connectivity index (χ1v) is 7.67. The molecule has 0 radical (unpaired) electrons. The lowest BCUT2D eigenvalue weighted by Crippen LogP contribution is -2.33. The van der Waals surface area contributed by atoms with Gasteiger partial charge < -0.3 is 4.52 Å². The summed E-state index contributed by atoms with van der Waals surface area (Å²) in [4.78, 5) is 6.91. The van der Waals surface area contributed by atoms with Gasteiger partial charge in [-0.25, -0.2) is 0 Å². The van der Waals surface area contributed by atoms with E-state index >= 15 is 0 Å². The number of aromatic nitrogens is 4. The molecule has 0 saturated carbocycles. The van der Waals surface area contributed by atoms with E-state index < -0.39 is 0 Å². The van der Waals surface area contributed by atoms with Crippen LogP contribution >= 0.6 is 0 Å². The van der Waals surface area contributed by atoms with E-state index in [1.165, 1.54) is 18.4 Å². The lowest BCUT2D eigenvalue weighted by molar-refractivity contribution is 0.211. The van der Waals surface area contributed by atoms with E-state index in [0.29, 0.717) is 6.04 Å². The van der Waals surface area contributed by atoms with Crippen LogP contribution in [0.1, 0.15) is 49.9 Å². The summed E-state index contributed by atoms with van der Waals surface area (Å²) in [5.41, 5.74) is 1.21. The molecule has 21 heavy (non-hydrogen) atoms. The van der Waals surface area contributed by atoms with Crippen LogP contribution in [0.3, 0.4) is 0 Å². The Bertz CT molecular complexity index is 588. The Labute approximate surface area is 125 Å². The summed E-state index contributed by atoms with van der Waals surface area (Å²) >= 11 is 0. The molecule has 0 aromatic carbocycles. The molecule has 3 heterocycles. The molecule has 1 aliphatic rings. The standard InChI is InChI=1S/C15H23N5O/c1-11(2)15-17-14(18-21-15)10-19-6-4-5-13(19)9-20-8-12(3)7-16-20/h7-8,11,13H,4-6,9-10H2,1-3H3/t13-/m0/s1. The van der Waals surface area contributed by atoms with Crippen molar-refractivity contribution in [3.8, 4) is 0 Å². The lowest BCUT2D eigenvalue weighted by Gasteiger charge is -2.22. The third kappa shape index (κ3) is 3.32. The molecular formula is C15H23N5O. The zero-order valence-electron chi connectivity index (χ0n) is 13.0. The molecule has 0 aliphatic carbocycles. The van der Waals surface area contributed by atoms with Crippen LogP contribution in [-0.4, -0.2) is 37.4 Å². The normalized spacial score (nSPS) is 19.7. The number of hydrogen-bond donors (Lipinski definition) is 0. The summed E-state index contributed by atoms with van der Waals surface area (Å²) in [6.07, 6.45) is 6.43. The molecule has 1 fully saturated rings. The molecule has 1 aliphatic heterocycles. The van der Waals surface area contributed by atoms with Crippen molar-refractivity contribution in [2.45, 2.75) is 58.7 Å². The molecule has 1 saturated heterocycles. The van der Waals surface area contributed by atoms with E-state index in [0.717, 1.165) is 31.3 Å². The smallest absolute Gasteiger partial charge is 0.229 e. The topological polar surface area (TPSA) is 60.0 Å². The van der Waals surface area contributed by atoms with E-state index in [9.17, 15) is 0 Å². The zero-order valence-corrected chi connectivity index (χ0v) is 13.0. The maximum Gasteiger partial charge on any atom is 0.229 e. The number of hydrogen-bond acceptors (Lipinski definition) is 5. The minimum atomic E-state index is 0.285. The number of aryl methyl sites for hydroxylation is 1. The second-order valence-electron chi connectivity index (χ2n) is 6.21. The summed E-state index contributed by atoms with van der Waals surface area (Å²) in [6.45, 7) is 9.00. The third-order valence-electron chi connectivity index (χ3n) is 3.98. The Hall–Kier alpha value is -1.69. The Morgan fingerprint density at radius 3 is 2.95 bits per heavy atom. The van der Waals surface area contributed by atoms with Crippen molar-refractivity contribution in [3.05, 3.63) is 29.7 Å². The zero-order chi connectivity index (χ0) is 14.8. The van der Waals surface area contributed by atoms with Crippen LogP contribution in [0.2, 0.25) is 0 Å². The van der Waals surface area contributed by atoms with Crippen molar-refractivity contribution in [1.82, 2.24) is 24.8 Å². The average Bonchev–Trinajstić information content (AvgIpc) is 3.14. The van der Waals surface area contributed by atoms with Gasteiger partial charge in [-0.1, -0.05) is 19.0 Å². The van der Waals surface area contributed by atoms with Crippen molar-refractivity contribution >= 4 is 0 Å². The number of likely N-dealkylation sites (tertiary alicyclic amines) is 1. The fraction of sp³-hybridized carbons (Fsp3) is 0.667. The minimum Gasteiger partial charge on any atom is -0.339 e. The largest absolute Gasteiger partial charge is 0.339 e. The van der Waals surface area contributed by atoms with Crippen LogP contribution < -0.4 is 0 Å². The highest BCUT2D eigenvalue weighted by atomic mass is 16.5. The number of rotatable bonds is 5. The van der Waals surface area contributed by atoms with Gasteiger partial charge in [-0.2, -0.15) is 10.1 Å². The Kier molecular flexibility index (Phi) is 4.05. The molecule has 0 spiro atoms. The van der Waals surface area contributed by atoms with Gasteiger partial charge in [0.05, 0.1) is 19.3 Å². The van der Waals surface area contributed by atoms with Gasteiger partial charge in [-0.05, 0) is 31.9 Å². The van der Waals surface area contributed by atoms with Gasteiger partial charge in [0.1, 0.15) is 0 Å². The van der Waals surface area contributed by atoms with Crippen molar-refractivity contribution in [1.29, 1.82) is 0 Å². The van der Waals surface area contributed by atoms with Gasteiger partial charge in [0.2, 0.25) is 5.89 Å². The maximum absolute atomic E-state index is 5.29. The molecule has 0 N–H and O–H groups in total. The van der Waals surface area contributed by atoms with Crippen molar-refractivity contribution in [2.24, 2.45) is 0 Å². The quantitative estimate of drug-likeness (QED) is 0.845. The second-order valence-corrected chi connectivity index (χ2v) is 6.21. The molecule has 3 rings (SSSR count). The van der Waals surface area contributed by atoms with E-state index in [4.69, 9.17) is 4.52 Å². The average molecular weight is 289 g/mol. The molecule has 2 aromatic rings. The van der Waals surface area contributed by atoms with Gasteiger partial charge in [-0.15, -0.1) is 0 Å². The Balaban J connectivity index is 1.63. The molecule has 0 unspecified atom stereocenters. The fourth-order valence-corrected chi connectivity index (χ4v) is 2.84. The molecule has 0 amide bonds. The van der Waals surface area contributed by atoms with Gasteiger partial charge >= 0.3 is 0 Å².